The highest BCUT2D eigenvalue weighted by Gasteiger charge is 2.10. The normalized spacial score (nSPS) is 12.4. The molecule has 0 radical (unpaired) electrons. The molecule has 0 bridgehead atoms. The van der Waals surface area contributed by atoms with Crippen LogP contribution >= 0.6 is 23.2 Å². The summed E-state index contributed by atoms with van der Waals surface area (Å²) in [7, 11) is 0. The van der Waals surface area contributed by atoms with Crippen LogP contribution < -0.4 is 0 Å². The van der Waals surface area contributed by atoms with E-state index < -0.39 is 6.10 Å². The number of hydrogen-bond acceptors (Lipinski definition) is 1. The van der Waals surface area contributed by atoms with Crippen molar-refractivity contribution in [1.29, 1.82) is 0 Å². The number of aliphatic hydroxyl groups excluding tert-OH is 1. The number of aliphatic hydroxyl groups is 1. The molecule has 0 aromatic heterocycles. The van der Waals surface area contributed by atoms with E-state index in [0.29, 0.717) is 16.5 Å². The Bertz CT molecular complexity index is 552. The van der Waals surface area contributed by atoms with Crippen molar-refractivity contribution in [2.24, 2.45) is 0 Å². The van der Waals surface area contributed by atoms with E-state index >= 15 is 0 Å². The Morgan fingerprint density at radius 3 is 2.56 bits per heavy atom. The van der Waals surface area contributed by atoms with Crippen molar-refractivity contribution >= 4 is 23.2 Å². The molecule has 0 fully saturated rings. The van der Waals surface area contributed by atoms with Crippen molar-refractivity contribution in [3.05, 3.63) is 69.2 Å². The number of hydrogen-bond donors (Lipinski definition) is 1. The summed E-state index contributed by atoms with van der Waals surface area (Å²) in [6, 6.07) is 13.1. The number of benzene rings is 2. The molecule has 0 aliphatic heterocycles. The molecule has 1 unspecified atom stereocenters. The number of rotatable bonds is 3. The maximum atomic E-state index is 10.2. The van der Waals surface area contributed by atoms with Crippen LogP contribution in [0.1, 0.15) is 22.8 Å². The summed E-state index contributed by atoms with van der Waals surface area (Å²) >= 11 is 11.9. The fourth-order valence-electron chi connectivity index (χ4n) is 1.88. The predicted octanol–water partition coefficient (Wildman–Crippen LogP) is 4.58. The Balaban J connectivity index is 2.16. The molecule has 2 rings (SSSR count). The van der Waals surface area contributed by atoms with Gasteiger partial charge in [0.2, 0.25) is 0 Å². The zero-order chi connectivity index (χ0) is 13.1. The molecule has 94 valence electrons. The SMILES string of the molecule is Cc1cc(C(O)Cc2cccc(Cl)c2)ccc1Cl. The first kappa shape index (κ1) is 13.4. The van der Waals surface area contributed by atoms with Crippen LogP contribution in [0.5, 0.6) is 0 Å². The molecule has 1 atom stereocenters. The molecular formula is C15H14Cl2O. The van der Waals surface area contributed by atoms with Crippen molar-refractivity contribution in [1.82, 2.24) is 0 Å². The van der Waals surface area contributed by atoms with Gasteiger partial charge in [-0.15, -0.1) is 0 Å². The summed E-state index contributed by atoms with van der Waals surface area (Å²) in [4.78, 5) is 0. The fraction of sp³-hybridized carbons (Fsp3) is 0.200. The van der Waals surface area contributed by atoms with Gasteiger partial charge in [-0.25, -0.2) is 0 Å². The molecule has 0 saturated heterocycles. The molecule has 0 amide bonds. The largest absolute Gasteiger partial charge is 0.388 e. The molecule has 2 aromatic carbocycles. The second-order valence-corrected chi connectivity index (χ2v) is 5.20. The Morgan fingerprint density at radius 2 is 1.89 bits per heavy atom. The van der Waals surface area contributed by atoms with Crippen molar-refractivity contribution in [2.45, 2.75) is 19.4 Å². The second kappa shape index (κ2) is 5.75. The third-order valence-electron chi connectivity index (χ3n) is 2.88. The summed E-state index contributed by atoms with van der Waals surface area (Å²) in [6.07, 6.45) is 0.00109. The van der Waals surface area contributed by atoms with Gasteiger partial charge in [-0.05, 0) is 41.8 Å². The van der Waals surface area contributed by atoms with Gasteiger partial charge >= 0.3 is 0 Å². The Morgan fingerprint density at radius 1 is 1.11 bits per heavy atom. The predicted molar refractivity (Wildman–Crippen MR) is 76.3 cm³/mol. The summed E-state index contributed by atoms with van der Waals surface area (Å²) in [5.41, 5.74) is 2.86. The average molecular weight is 281 g/mol. The quantitative estimate of drug-likeness (QED) is 0.873. The lowest BCUT2D eigenvalue weighted by atomic mass is 10.00. The maximum Gasteiger partial charge on any atom is 0.0830 e. The highest BCUT2D eigenvalue weighted by atomic mass is 35.5. The van der Waals surface area contributed by atoms with E-state index in [4.69, 9.17) is 23.2 Å². The van der Waals surface area contributed by atoms with E-state index in [1.165, 1.54) is 0 Å². The van der Waals surface area contributed by atoms with Gasteiger partial charge in [-0.3, -0.25) is 0 Å². The van der Waals surface area contributed by atoms with E-state index in [0.717, 1.165) is 16.7 Å². The first-order valence-electron chi connectivity index (χ1n) is 5.75. The molecule has 1 nitrogen and oxygen atoms in total. The van der Waals surface area contributed by atoms with Crippen molar-refractivity contribution in [2.75, 3.05) is 0 Å². The number of halogens is 2. The fourth-order valence-corrected chi connectivity index (χ4v) is 2.21. The second-order valence-electron chi connectivity index (χ2n) is 4.36. The van der Waals surface area contributed by atoms with E-state index in [9.17, 15) is 5.11 Å². The molecule has 0 aliphatic carbocycles. The van der Waals surface area contributed by atoms with Gasteiger partial charge in [0.15, 0.2) is 0 Å². The van der Waals surface area contributed by atoms with E-state index in [1.54, 1.807) is 0 Å². The molecule has 2 aromatic rings. The first-order valence-corrected chi connectivity index (χ1v) is 6.50. The van der Waals surface area contributed by atoms with E-state index in [1.807, 2.05) is 49.4 Å². The smallest absolute Gasteiger partial charge is 0.0830 e. The Hall–Kier alpha value is -1.02. The van der Waals surface area contributed by atoms with Crippen molar-refractivity contribution in [3.8, 4) is 0 Å². The highest BCUT2D eigenvalue weighted by Crippen LogP contribution is 2.24. The van der Waals surface area contributed by atoms with Crippen LogP contribution in [-0.2, 0) is 6.42 Å². The molecule has 1 N–H and O–H groups in total. The van der Waals surface area contributed by atoms with Crippen LogP contribution in [0.4, 0.5) is 0 Å². The molecule has 0 heterocycles. The lowest BCUT2D eigenvalue weighted by Gasteiger charge is -2.12. The summed E-state index contributed by atoms with van der Waals surface area (Å²) in [5.74, 6) is 0. The van der Waals surface area contributed by atoms with Gasteiger partial charge in [0.05, 0.1) is 6.10 Å². The lowest BCUT2D eigenvalue weighted by molar-refractivity contribution is 0.178. The Kier molecular flexibility index (Phi) is 4.28. The van der Waals surface area contributed by atoms with E-state index in [-0.39, 0.29) is 0 Å². The molecule has 0 spiro atoms. The van der Waals surface area contributed by atoms with E-state index in [2.05, 4.69) is 0 Å². The van der Waals surface area contributed by atoms with Crippen molar-refractivity contribution < 1.29 is 5.11 Å². The lowest BCUT2D eigenvalue weighted by Crippen LogP contribution is -2.02. The minimum atomic E-state index is -0.542. The van der Waals surface area contributed by atoms with Crippen LogP contribution in [-0.4, -0.2) is 5.11 Å². The van der Waals surface area contributed by atoms with Crippen LogP contribution in [0.15, 0.2) is 42.5 Å². The van der Waals surface area contributed by atoms with Gasteiger partial charge in [-0.2, -0.15) is 0 Å². The molecule has 18 heavy (non-hydrogen) atoms. The van der Waals surface area contributed by atoms with Gasteiger partial charge in [0.1, 0.15) is 0 Å². The van der Waals surface area contributed by atoms with Crippen LogP contribution in [0.25, 0.3) is 0 Å². The number of aryl methyl sites for hydroxylation is 1. The zero-order valence-electron chi connectivity index (χ0n) is 10.0. The monoisotopic (exact) mass is 280 g/mol. The molecule has 3 heteroatoms. The topological polar surface area (TPSA) is 20.2 Å². The van der Waals surface area contributed by atoms with Gasteiger partial charge in [0.25, 0.3) is 0 Å². The summed E-state index contributed by atoms with van der Waals surface area (Å²) < 4.78 is 0. The standard InChI is InChI=1S/C15H14Cl2O/c1-10-7-12(5-6-14(10)17)15(18)9-11-3-2-4-13(16)8-11/h2-8,15,18H,9H2,1H3. The maximum absolute atomic E-state index is 10.2. The summed E-state index contributed by atoms with van der Waals surface area (Å²) in [5, 5.41) is 11.6. The van der Waals surface area contributed by atoms with Crippen LogP contribution in [0, 0.1) is 6.92 Å². The third kappa shape index (κ3) is 3.26. The van der Waals surface area contributed by atoms with Gasteiger partial charge in [-0.1, -0.05) is 47.5 Å². The Labute approximate surface area is 117 Å². The van der Waals surface area contributed by atoms with Crippen LogP contribution in [0.3, 0.4) is 0 Å². The molecule has 0 aliphatic rings. The summed E-state index contributed by atoms with van der Waals surface area (Å²) in [6.45, 7) is 1.93. The van der Waals surface area contributed by atoms with Crippen LogP contribution in [0.2, 0.25) is 10.0 Å². The molecule has 0 saturated carbocycles. The third-order valence-corrected chi connectivity index (χ3v) is 3.54. The van der Waals surface area contributed by atoms with Gasteiger partial charge in [0, 0.05) is 16.5 Å². The van der Waals surface area contributed by atoms with Gasteiger partial charge < -0.3 is 5.11 Å². The highest BCUT2D eigenvalue weighted by molar-refractivity contribution is 6.31. The minimum Gasteiger partial charge on any atom is -0.388 e. The average Bonchev–Trinajstić information content (AvgIpc) is 2.32. The zero-order valence-corrected chi connectivity index (χ0v) is 11.5. The first-order chi connectivity index (χ1) is 8.56. The van der Waals surface area contributed by atoms with Crippen molar-refractivity contribution in [3.63, 3.8) is 0 Å². The molecular weight excluding hydrogens is 267 g/mol. The minimum absolute atomic E-state index is 0.542.